The highest BCUT2D eigenvalue weighted by Gasteiger charge is 2.15. The van der Waals surface area contributed by atoms with E-state index in [2.05, 4.69) is 10.1 Å². The molecule has 2 aromatic heterocycles. The smallest absolute Gasteiger partial charge is 0.262 e. The number of aromatic nitrogens is 2. The highest BCUT2D eigenvalue weighted by Crippen LogP contribution is 2.31. The van der Waals surface area contributed by atoms with Gasteiger partial charge in [0.15, 0.2) is 5.76 Å². The molecule has 0 atom stereocenters. The summed E-state index contributed by atoms with van der Waals surface area (Å²) >= 11 is 0. The SMILES string of the molecule is Cc1cccc(-c2nc(-c3ccco3)no2)c1O. The standard InChI is InChI=1S/C13H10N2O3/c1-8-4-2-5-9(11(8)16)13-14-12(15-18-13)10-6-3-7-17-10/h2-7,16H,1H3. The first-order valence-corrected chi connectivity index (χ1v) is 5.42. The molecule has 0 spiro atoms. The maximum absolute atomic E-state index is 9.94. The van der Waals surface area contributed by atoms with Gasteiger partial charge in [-0.1, -0.05) is 17.3 Å². The van der Waals surface area contributed by atoms with Gasteiger partial charge in [0, 0.05) is 0 Å². The Balaban J connectivity index is 2.06. The number of hydrogen-bond acceptors (Lipinski definition) is 5. The first kappa shape index (κ1) is 10.6. The minimum absolute atomic E-state index is 0.146. The molecule has 0 aliphatic rings. The van der Waals surface area contributed by atoms with E-state index >= 15 is 0 Å². The molecule has 1 N–H and O–H groups in total. The largest absolute Gasteiger partial charge is 0.507 e. The molecule has 0 bridgehead atoms. The van der Waals surface area contributed by atoms with E-state index in [1.165, 1.54) is 6.26 Å². The number of phenolic OH excluding ortho intramolecular Hbond substituents is 1. The molecule has 3 rings (SSSR count). The Labute approximate surface area is 103 Å². The summed E-state index contributed by atoms with van der Waals surface area (Å²) in [5.41, 5.74) is 1.27. The van der Waals surface area contributed by atoms with Gasteiger partial charge >= 0.3 is 0 Å². The van der Waals surface area contributed by atoms with E-state index < -0.39 is 0 Å². The van der Waals surface area contributed by atoms with Crippen LogP contribution in [0.1, 0.15) is 5.56 Å². The average Bonchev–Trinajstić information content (AvgIpc) is 3.01. The number of phenols is 1. The van der Waals surface area contributed by atoms with E-state index in [-0.39, 0.29) is 11.6 Å². The maximum Gasteiger partial charge on any atom is 0.262 e. The van der Waals surface area contributed by atoms with Crippen molar-refractivity contribution >= 4 is 0 Å². The Morgan fingerprint density at radius 2 is 2.06 bits per heavy atom. The fourth-order valence-corrected chi connectivity index (χ4v) is 1.67. The lowest BCUT2D eigenvalue weighted by Crippen LogP contribution is -1.82. The lowest BCUT2D eigenvalue weighted by Gasteiger charge is -2.01. The summed E-state index contributed by atoms with van der Waals surface area (Å²) in [4.78, 5) is 4.19. The number of furan rings is 1. The fraction of sp³-hybridized carbons (Fsp3) is 0.0769. The van der Waals surface area contributed by atoms with Crippen LogP contribution in [-0.2, 0) is 0 Å². The van der Waals surface area contributed by atoms with E-state index in [1.807, 2.05) is 19.1 Å². The normalized spacial score (nSPS) is 10.7. The van der Waals surface area contributed by atoms with Gasteiger partial charge in [-0.05, 0) is 30.7 Å². The number of hydrogen-bond donors (Lipinski definition) is 1. The second-order valence-electron chi connectivity index (χ2n) is 3.87. The van der Waals surface area contributed by atoms with Crippen LogP contribution in [0.3, 0.4) is 0 Å². The second-order valence-corrected chi connectivity index (χ2v) is 3.87. The molecule has 2 heterocycles. The summed E-state index contributed by atoms with van der Waals surface area (Å²) in [5, 5.41) is 13.8. The molecule has 0 radical (unpaired) electrons. The number of aromatic hydroxyl groups is 1. The summed E-state index contributed by atoms with van der Waals surface area (Å²) in [6.45, 7) is 1.81. The molecule has 90 valence electrons. The van der Waals surface area contributed by atoms with Crippen LogP contribution in [0.15, 0.2) is 45.5 Å². The van der Waals surface area contributed by atoms with Gasteiger partial charge in [-0.15, -0.1) is 0 Å². The molecular formula is C13H10N2O3. The third-order valence-electron chi connectivity index (χ3n) is 2.64. The van der Waals surface area contributed by atoms with Crippen LogP contribution >= 0.6 is 0 Å². The zero-order valence-corrected chi connectivity index (χ0v) is 9.62. The maximum atomic E-state index is 9.94. The summed E-state index contributed by atoms with van der Waals surface area (Å²) in [7, 11) is 0. The van der Waals surface area contributed by atoms with Gasteiger partial charge in [0.1, 0.15) is 5.75 Å². The van der Waals surface area contributed by atoms with E-state index in [1.54, 1.807) is 18.2 Å². The van der Waals surface area contributed by atoms with Gasteiger partial charge in [0.05, 0.1) is 11.8 Å². The molecule has 0 fully saturated rings. The Kier molecular flexibility index (Phi) is 2.37. The van der Waals surface area contributed by atoms with Crippen LogP contribution in [0.4, 0.5) is 0 Å². The number of benzene rings is 1. The molecule has 0 amide bonds. The van der Waals surface area contributed by atoms with Gasteiger partial charge in [-0.2, -0.15) is 4.98 Å². The molecule has 0 unspecified atom stereocenters. The first-order chi connectivity index (χ1) is 8.75. The van der Waals surface area contributed by atoms with Gasteiger partial charge in [0.25, 0.3) is 5.89 Å². The molecule has 0 aliphatic carbocycles. The Morgan fingerprint density at radius 1 is 1.17 bits per heavy atom. The van der Waals surface area contributed by atoms with Crippen molar-refractivity contribution in [2.45, 2.75) is 6.92 Å². The van der Waals surface area contributed by atoms with E-state index in [9.17, 15) is 5.11 Å². The lowest BCUT2D eigenvalue weighted by molar-refractivity contribution is 0.423. The van der Waals surface area contributed by atoms with Crippen molar-refractivity contribution in [1.29, 1.82) is 0 Å². The molecule has 5 nitrogen and oxygen atoms in total. The minimum atomic E-state index is 0.146. The third-order valence-corrected chi connectivity index (χ3v) is 2.64. The van der Waals surface area contributed by atoms with Gasteiger partial charge < -0.3 is 14.0 Å². The molecular weight excluding hydrogens is 232 g/mol. The number of nitrogens with zero attached hydrogens (tertiary/aromatic N) is 2. The van der Waals surface area contributed by atoms with Gasteiger partial charge in [0.2, 0.25) is 5.82 Å². The van der Waals surface area contributed by atoms with E-state index in [4.69, 9.17) is 8.94 Å². The Morgan fingerprint density at radius 3 is 2.83 bits per heavy atom. The summed E-state index contributed by atoms with van der Waals surface area (Å²) in [6, 6.07) is 8.84. The predicted octanol–water partition coefficient (Wildman–Crippen LogP) is 3.01. The van der Waals surface area contributed by atoms with Gasteiger partial charge in [-0.25, -0.2) is 0 Å². The first-order valence-electron chi connectivity index (χ1n) is 5.42. The number of para-hydroxylation sites is 1. The van der Waals surface area contributed by atoms with Crippen molar-refractivity contribution in [3.63, 3.8) is 0 Å². The molecule has 18 heavy (non-hydrogen) atoms. The second kappa shape index (κ2) is 4.03. The van der Waals surface area contributed by atoms with Crippen LogP contribution in [0.2, 0.25) is 0 Å². The zero-order chi connectivity index (χ0) is 12.5. The monoisotopic (exact) mass is 242 g/mol. The number of rotatable bonds is 2. The molecule has 0 aliphatic heterocycles. The zero-order valence-electron chi connectivity index (χ0n) is 9.62. The topological polar surface area (TPSA) is 72.3 Å². The minimum Gasteiger partial charge on any atom is -0.507 e. The Bertz CT molecular complexity index is 671. The van der Waals surface area contributed by atoms with Crippen molar-refractivity contribution in [3.05, 3.63) is 42.2 Å². The lowest BCUT2D eigenvalue weighted by atomic mass is 10.1. The number of aryl methyl sites for hydroxylation is 1. The fourth-order valence-electron chi connectivity index (χ4n) is 1.67. The van der Waals surface area contributed by atoms with Crippen LogP contribution in [-0.4, -0.2) is 15.2 Å². The van der Waals surface area contributed by atoms with E-state index in [0.29, 0.717) is 17.1 Å². The quantitative estimate of drug-likeness (QED) is 0.747. The third kappa shape index (κ3) is 1.66. The molecule has 0 saturated carbocycles. The highest BCUT2D eigenvalue weighted by molar-refractivity contribution is 5.65. The van der Waals surface area contributed by atoms with Gasteiger partial charge in [-0.3, -0.25) is 0 Å². The van der Waals surface area contributed by atoms with Crippen LogP contribution in [0, 0.1) is 6.92 Å². The van der Waals surface area contributed by atoms with Crippen LogP contribution < -0.4 is 0 Å². The molecule has 5 heteroatoms. The molecule has 1 aromatic carbocycles. The van der Waals surface area contributed by atoms with Crippen LogP contribution in [0.25, 0.3) is 23.0 Å². The Hall–Kier alpha value is -2.56. The van der Waals surface area contributed by atoms with Crippen molar-refractivity contribution in [2.24, 2.45) is 0 Å². The van der Waals surface area contributed by atoms with Crippen LogP contribution in [0.5, 0.6) is 5.75 Å². The van der Waals surface area contributed by atoms with Crippen molar-refractivity contribution in [1.82, 2.24) is 10.1 Å². The summed E-state index contributed by atoms with van der Waals surface area (Å²) < 4.78 is 10.3. The summed E-state index contributed by atoms with van der Waals surface area (Å²) in [6.07, 6.45) is 1.54. The van der Waals surface area contributed by atoms with Crippen molar-refractivity contribution < 1.29 is 14.0 Å². The predicted molar refractivity (Wildman–Crippen MR) is 63.8 cm³/mol. The molecule has 3 aromatic rings. The van der Waals surface area contributed by atoms with Crippen molar-refractivity contribution in [2.75, 3.05) is 0 Å². The van der Waals surface area contributed by atoms with Crippen molar-refractivity contribution in [3.8, 4) is 28.8 Å². The highest BCUT2D eigenvalue weighted by atomic mass is 16.5. The molecule has 0 saturated heterocycles. The summed E-state index contributed by atoms with van der Waals surface area (Å²) in [5.74, 6) is 1.29. The van der Waals surface area contributed by atoms with E-state index in [0.717, 1.165) is 5.56 Å². The average molecular weight is 242 g/mol.